The van der Waals surface area contributed by atoms with Crippen LogP contribution >= 0.6 is 39.3 Å². The Kier molecular flexibility index (Phi) is 5.83. The van der Waals surface area contributed by atoms with E-state index in [4.69, 9.17) is 16.3 Å². The van der Waals surface area contributed by atoms with Gasteiger partial charge in [0.2, 0.25) is 0 Å². The molecule has 0 saturated carbocycles. The van der Waals surface area contributed by atoms with E-state index < -0.39 is 11.4 Å². The number of fused-ring (bicyclic) bond motifs is 3. The molecule has 1 aromatic carbocycles. The number of halogens is 3. The third-order valence-electron chi connectivity index (χ3n) is 5.35. The number of carbonyl (C=O) groups is 1. The summed E-state index contributed by atoms with van der Waals surface area (Å²) < 4.78 is 20.7. The zero-order chi connectivity index (χ0) is 21.8. The van der Waals surface area contributed by atoms with Crippen LogP contribution in [0.2, 0.25) is 5.02 Å². The Bertz CT molecular complexity index is 1000. The van der Waals surface area contributed by atoms with Gasteiger partial charge in [0.1, 0.15) is 16.9 Å². The van der Waals surface area contributed by atoms with Crippen LogP contribution in [0.1, 0.15) is 33.6 Å². The highest BCUT2D eigenvalue weighted by molar-refractivity contribution is 9.10. The number of aromatic nitrogens is 2. The molecule has 30 heavy (non-hydrogen) atoms. The first-order valence-electron chi connectivity index (χ1n) is 9.74. The highest BCUT2D eigenvalue weighted by Crippen LogP contribution is 2.39. The van der Waals surface area contributed by atoms with Gasteiger partial charge >= 0.3 is 6.09 Å². The number of piperazine rings is 1. The quantitative estimate of drug-likeness (QED) is 0.298. The number of ether oxygens (including phenoxy) is 1. The number of hydrogen-bond acceptors (Lipinski definition) is 6. The van der Waals surface area contributed by atoms with Crippen molar-refractivity contribution in [3.05, 3.63) is 21.4 Å². The number of nitrogens with zero attached hydrogens (tertiary/aromatic N) is 4. The summed E-state index contributed by atoms with van der Waals surface area (Å²) in [4.78, 5) is 25.8. The summed E-state index contributed by atoms with van der Waals surface area (Å²) in [7, 11) is 0. The predicted molar refractivity (Wildman–Crippen MR) is 121 cm³/mol. The minimum Gasteiger partial charge on any atom is -0.444 e. The number of carbonyl (C=O) groups excluding carboxylic acids is 1. The van der Waals surface area contributed by atoms with Gasteiger partial charge in [-0.25, -0.2) is 19.2 Å². The maximum absolute atomic E-state index is 14.9. The lowest BCUT2D eigenvalue weighted by molar-refractivity contribution is 0.0123. The number of amides is 1. The van der Waals surface area contributed by atoms with Crippen LogP contribution in [-0.2, 0) is 4.74 Å². The Balaban J connectivity index is 1.70. The van der Waals surface area contributed by atoms with Crippen LogP contribution in [0, 0.1) is 5.82 Å². The molecule has 10 heteroatoms. The molecule has 3 heterocycles. The Morgan fingerprint density at radius 2 is 1.93 bits per heavy atom. The van der Waals surface area contributed by atoms with E-state index in [-0.39, 0.29) is 33.2 Å². The first-order chi connectivity index (χ1) is 14.1. The molecule has 0 aliphatic carbocycles. The van der Waals surface area contributed by atoms with Gasteiger partial charge in [-0.15, -0.1) is 0 Å². The fraction of sp³-hybridized carbons (Fsp3) is 0.550. The van der Waals surface area contributed by atoms with Crippen molar-refractivity contribution in [1.29, 1.82) is 0 Å². The van der Waals surface area contributed by atoms with E-state index in [2.05, 4.69) is 30.8 Å². The fourth-order valence-electron chi connectivity index (χ4n) is 4.16. The molecule has 1 aromatic heterocycles. The second-order valence-electron chi connectivity index (χ2n) is 8.59. The molecule has 2 aliphatic rings. The maximum atomic E-state index is 14.9. The molecule has 0 spiro atoms. The summed E-state index contributed by atoms with van der Waals surface area (Å²) in [5, 5.41) is 1.34. The largest absolute Gasteiger partial charge is 0.444 e. The van der Waals surface area contributed by atoms with Crippen LogP contribution < -0.4 is 4.90 Å². The molecule has 0 radical (unpaired) electrons. The lowest BCUT2D eigenvalue weighted by atomic mass is 10.1. The molecule has 2 bridgehead atoms. The molecule has 2 unspecified atom stereocenters. The SMILES string of the molecule is CSc1nc(N2CC3CCC(C2)N3C(=O)OC(C)(C)C)c2cc(Cl)c(Br)c(F)c2n1. The number of rotatable bonds is 2. The van der Waals surface area contributed by atoms with Crippen molar-refractivity contribution in [3.63, 3.8) is 0 Å². The molecule has 6 nitrogen and oxygen atoms in total. The Morgan fingerprint density at radius 3 is 2.50 bits per heavy atom. The van der Waals surface area contributed by atoms with Gasteiger partial charge in [-0.2, -0.15) is 0 Å². The van der Waals surface area contributed by atoms with Crippen LogP contribution in [0.15, 0.2) is 15.7 Å². The lowest BCUT2D eigenvalue weighted by Crippen LogP contribution is -2.57. The van der Waals surface area contributed by atoms with Crippen LogP contribution in [-0.4, -0.2) is 58.0 Å². The highest BCUT2D eigenvalue weighted by Gasteiger charge is 2.45. The van der Waals surface area contributed by atoms with Crippen molar-refractivity contribution in [2.75, 3.05) is 24.2 Å². The summed E-state index contributed by atoms with van der Waals surface area (Å²) in [6.45, 7) is 6.82. The highest BCUT2D eigenvalue weighted by atomic mass is 79.9. The molecular weight excluding hydrogens is 495 g/mol. The van der Waals surface area contributed by atoms with Gasteiger partial charge < -0.3 is 9.64 Å². The first-order valence-corrected chi connectivity index (χ1v) is 12.1. The van der Waals surface area contributed by atoms with Crippen molar-refractivity contribution in [3.8, 4) is 0 Å². The van der Waals surface area contributed by atoms with Crippen molar-refractivity contribution in [1.82, 2.24) is 14.9 Å². The number of benzene rings is 1. The number of thioether (sulfide) groups is 1. The van der Waals surface area contributed by atoms with Gasteiger partial charge in [0, 0.05) is 18.5 Å². The van der Waals surface area contributed by atoms with Crippen LogP contribution in [0.25, 0.3) is 10.9 Å². The third-order valence-corrected chi connectivity index (χ3v) is 7.20. The molecule has 162 valence electrons. The second-order valence-corrected chi connectivity index (χ2v) is 10.6. The standard InChI is InChI=1S/C20H23BrClFN4O2S/c1-20(2,3)29-19(28)27-10-5-6-11(27)9-26(8-10)17-12-7-13(22)14(21)15(23)16(12)24-18(25-17)30-4/h7,10-11H,5-6,8-9H2,1-4H3. The molecule has 2 fully saturated rings. The van der Waals surface area contributed by atoms with E-state index in [1.807, 2.05) is 31.9 Å². The molecule has 2 aromatic rings. The summed E-state index contributed by atoms with van der Waals surface area (Å²) in [6.07, 6.45) is 3.39. The van der Waals surface area contributed by atoms with E-state index >= 15 is 0 Å². The second kappa shape index (κ2) is 7.98. The van der Waals surface area contributed by atoms with Crippen LogP contribution in [0.3, 0.4) is 0 Å². The average molecular weight is 518 g/mol. The molecule has 2 saturated heterocycles. The molecule has 2 aliphatic heterocycles. The van der Waals surface area contributed by atoms with E-state index in [0.717, 1.165) is 12.8 Å². The van der Waals surface area contributed by atoms with Gasteiger partial charge in [0.15, 0.2) is 11.0 Å². The monoisotopic (exact) mass is 516 g/mol. The van der Waals surface area contributed by atoms with Crippen molar-refractivity contribution in [2.45, 2.75) is 56.5 Å². The number of anilines is 1. The van der Waals surface area contributed by atoms with Crippen molar-refractivity contribution >= 4 is 62.1 Å². The summed E-state index contributed by atoms with van der Waals surface area (Å²) in [6, 6.07) is 1.75. The van der Waals surface area contributed by atoms with E-state index in [0.29, 0.717) is 29.5 Å². The number of hydrogen-bond donors (Lipinski definition) is 0. The Labute approximate surface area is 192 Å². The molecular formula is C20H23BrClFN4O2S. The van der Waals surface area contributed by atoms with Crippen molar-refractivity contribution in [2.24, 2.45) is 0 Å². The van der Waals surface area contributed by atoms with Gasteiger partial charge in [-0.3, -0.25) is 4.90 Å². The van der Waals surface area contributed by atoms with Crippen molar-refractivity contribution < 1.29 is 13.9 Å². The smallest absolute Gasteiger partial charge is 0.410 e. The predicted octanol–water partition coefficient (Wildman–Crippen LogP) is 5.49. The van der Waals surface area contributed by atoms with E-state index in [1.165, 1.54) is 11.8 Å². The van der Waals surface area contributed by atoms with Gasteiger partial charge in [0.05, 0.1) is 21.6 Å². The maximum Gasteiger partial charge on any atom is 0.410 e. The molecule has 1 amide bonds. The van der Waals surface area contributed by atoms with Crippen LogP contribution in [0.4, 0.5) is 15.0 Å². The Hall–Kier alpha value is -1.32. The first kappa shape index (κ1) is 21.9. The lowest BCUT2D eigenvalue weighted by Gasteiger charge is -2.42. The third kappa shape index (κ3) is 3.96. The average Bonchev–Trinajstić information content (AvgIpc) is 2.94. The summed E-state index contributed by atoms with van der Waals surface area (Å²) >= 11 is 10.8. The van der Waals surface area contributed by atoms with Gasteiger partial charge in [-0.1, -0.05) is 23.4 Å². The summed E-state index contributed by atoms with van der Waals surface area (Å²) in [5.41, 5.74) is -0.298. The molecule has 4 rings (SSSR count). The molecule has 2 atom stereocenters. The van der Waals surface area contributed by atoms with Gasteiger partial charge in [0.25, 0.3) is 0 Å². The topological polar surface area (TPSA) is 58.6 Å². The Morgan fingerprint density at radius 1 is 1.30 bits per heavy atom. The van der Waals surface area contributed by atoms with E-state index in [9.17, 15) is 9.18 Å². The van der Waals surface area contributed by atoms with Crippen LogP contribution in [0.5, 0.6) is 0 Å². The minimum absolute atomic E-state index is 0.0251. The molecule has 0 N–H and O–H groups in total. The minimum atomic E-state index is -0.536. The van der Waals surface area contributed by atoms with Gasteiger partial charge in [-0.05, 0) is 61.9 Å². The zero-order valence-corrected chi connectivity index (χ0v) is 20.4. The summed E-state index contributed by atoms with van der Waals surface area (Å²) in [5.74, 6) is 0.158. The van der Waals surface area contributed by atoms with E-state index in [1.54, 1.807) is 6.07 Å². The zero-order valence-electron chi connectivity index (χ0n) is 17.2. The normalized spacial score (nSPS) is 21.4. The fourth-order valence-corrected chi connectivity index (χ4v) is 5.01.